The molecular formula is C16H22ClN5O3. The molecule has 0 N–H and O–H groups in total. The maximum atomic E-state index is 6.29. The molecule has 136 valence electrons. The van der Waals surface area contributed by atoms with E-state index in [4.69, 9.17) is 30.8 Å². The molecular weight excluding hydrogens is 346 g/mol. The molecule has 2 unspecified atom stereocenters. The lowest BCUT2D eigenvalue weighted by Gasteiger charge is -2.47. The Kier molecular flexibility index (Phi) is 4.16. The zero-order valence-electron chi connectivity index (χ0n) is 14.0. The Morgan fingerprint density at radius 2 is 1.12 bits per heavy atom. The van der Waals surface area contributed by atoms with Crippen LogP contribution in [0.5, 0.6) is 0 Å². The molecule has 9 heteroatoms. The average molecular weight is 368 g/mol. The van der Waals surface area contributed by atoms with Gasteiger partial charge in [-0.25, -0.2) is 0 Å². The number of nitrogens with zero attached hydrogens (tertiary/aromatic N) is 5. The van der Waals surface area contributed by atoms with E-state index in [1.165, 1.54) is 6.42 Å². The molecule has 0 saturated carbocycles. The minimum absolute atomic E-state index is 0.128. The molecule has 5 heterocycles. The molecule has 0 amide bonds. The van der Waals surface area contributed by atoms with Crippen LogP contribution >= 0.6 is 11.6 Å². The maximum absolute atomic E-state index is 6.29. The Morgan fingerprint density at radius 3 is 1.64 bits per heavy atom. The van der Waals surface area contributed by atoms with Crippen LogP contribution in [0.3, 0.4) is 0 Å². The molecule has 5 rings (SSSR count). The van der Waals surface area contributed by atoms with E-state index >= 15 is 0 Å². The first-order chi connectivity index (χ1) is 12.3. The van der Waals surface area contributed by atoms with Gasteiger partial charge in [0, 0.05) is 0 Å². The van der Waals surface area contributed by atoms with E-state index in [0.717, 1.165) is 26.1 Å². The van der Waals surface area contributed by atoms with Crippen molar-refractivity contribution in [1.29, 1.82) is 0 Å². The summed E-state index contributed by atoms with van der Waals surface area (Å²) < 4.78 is 17.1. The van der Waals surface area contributed by atoms with Crippen molar-refractivity contribution in [2.75, 3.05) is 49.4 Å². The number of morpholine rings is 3. The summed E-state index contributed by atoms with van der Waals surface area (Å²) in [5, 5.41) is 0.245. The van der Waals surface area contributed by atoms with Crippen LogP contribution in [-0.2, 0) is 14.2 Å². The third-order valence-electron chi connectivity index (χ3n) is 5.56. The number of piperidine rings is 1. The van der Waals surface area contributed by atoms with E-state index in [9.17, 15) is 0 Å². The second kappa shape index (κ2) is 6.50. The van der Waals surface area contributed by atoms with E-state index < -0.39 is 0 Å². The van der Waals surface area contributed by atoms with Gasteiger partial charge >= 0.3 is 0 Å². The number of hydrogen-bond donors (Lipinski definition) is 0. The van der Waals surface area contributed by atoms with Gasteiger partial charge in [-0.05, 0) is 30.9 Å². The zero-order valence-corrected chi connectivity index (χ0v) is 14.8. The summed E-state index contributed by atoms with van der Waals surface area (Å²) in [5.74, 6) is 1.32. The van der Waals surface area contributed by atoms with Crippen LogP contribution < -0.4 is 9.80 Å². The van der Waals surface area contributed by atoms with Crippen LogP contribution in [0.1, 0.15) is 19.3 Å². The smallest absolute Gasteiger partial charge is 0.232 e. The van der Waals surface area contributed by atoms with Gasteiger partial charge in [0.2, 0.25) is 17.2 Å². The van der Waals surface area contributed by atoms with Gasteiger partial charge in [-0.1, -0.05) is 0 Å². The SMILES string of the molecule is Clc1nc(N2C3CCCC2COC3)nc(N2C3COCC2COC3)n1. The number of ether oxygens (including phenoxy) is 3. The minimum atomic E-state index is 0.128. The van der Waals surface area contributed by atoms with Crippen molar-refractivity contribution in [3.8, 4) is 0 Å². The van der Waals surface area contributed by atoms with Crippen molar-refractivity contribution in [2.24, 2.45) is 0 Å². The largest absolute Gasteiger partial charge is 0.377 e. The van der Waals surface area contributed by atoms with E-state index in [0.29, 0.717) is 50.4 Å². The van der Waals surface area contributed by atoms with Crippen molar-refractivity contribution >= 4 is 23.5 Å². The molecule has 8 nitrogen and oxygen atoms in total. The normalized spacial score (nSPS) is 34.9. The molecule has 0 spiro atoms. The second-order valence-corrected chi connectivity index (χ2v) is 7.52. The van der Waals surface area contributed by atoms with Gasteiger partial charge in [-0.15, -0.1) is 0 Å². The van der Waals surface area contributed by atoms with Crippen LogP contribution in [0, 0.1) is 0 Å². The fraction of sp³-hybridized carbons (Fsp3) is 0.812. The predicted molar refractivity (Wildman–Crippen MR) is 91.3 cm³/mol. The Balaban J connectivity index is 1.50. The summed E-state index contributed by atoms with van der Waals surface area (Å²) in [6.07, 6.45) is 3.43. The lowest BCUT2D eigenvalue weighted by atomic mass is 9.95. The molecule has 2 atom stereocenters. The second-order valence-electron chi connectivity index (χ2n) is 7.18. The van der Waals surface area contributed by atoms with Gasteiger partial charge in [0.05, 0.1) is 63.8 Å². The molecule has 25 heavy (non-hydrogen) atoms. The molecule has 0 aliphatic carbocycles. The van der Waals surface area contributed by atoms with Crippen molar-refractivity contribution in [3.05, 3.63) is 5.28 Å². The molecule has 1 aromatic rings. The molecule has 4 bridgehead atoms. The quantitative estimate of drug-likeness (QED) is 0.763. The van der Waals surface area contributed by atoms with Crippen molar-refractivity contribution in [2.45, 2.75) is 43.4 Å². The summed E-state index contributed by atoms with van der Waals surface area (Å²) in [4.78, 5) is 18.2. The van der Waals surface area contributed by atoms with E-state index in [1.54, 1.807) is 0 Å². The van der Waals surface area contributed by atoms with Crippen LogP contribution in [-0.4, -0.2) is 78.8 Å². The highest BCUT2D eigenvalue weighted by atomic mass is 35.5. The fourth-order valence-electron chi connectivity index (χ4n) is 4.44. The predicted octanol–water partition coefficient (Wildman–Crippen LogP) is 0.887. The van der Waals surface area contributed by atoms with Crippen molar-refractivity contribution in [3.63, 3.8) is 0 Å². The Bertz CT molecular complexity index is 556. The van der Waals surface area contributed by atoms with Gasteiger partial charge in [0.15, 0.2) is 0 Å². The Labute approximate surface area is 151 Å². The van der Waals surface area contributed by atoms with Gasteiger partial charge in [-0.3, -0.25) is 0 Å². The Morgan fingerprint density at radius 1 is 0.680 bits per heavy atom. The van der Waals surface area contributed by atoms with Crippen LogP contribution in [0.25, 0.3) is 0 Å². The average Bonchev–Trinajstić information content (AvgIpc) is 2.60. The van der Waals surface area contributed by atoms with Crippen LogP contribution in [0.4, 0.5) is 11.9 Å². The number of anilines is 2. The first-order valence-electron chi connectivity index (χ1n) is 9.01. The third-order valence-corrected chi connectivity index (χ3v) is 5.73. The highest BCUT2D eigenvalue weighted by molar-refractivity contribution is 6.28. The molecule has 4 saturated heterocycles. The summed E-state index contributed by atoms with van der Waals surface area (Å²) in [6.45, 7) is 3.95. The van der Waals surface area contributed by atoms with Crippen molar-refractivity contribution in [1.82, 2.24) is 15.0 Å². The standard InChI is InChI=1S/C16H22ClN5O3/c17-14-18-15(21-10-2-1-3-11(21)5-23-4-10)20-16(19-14)22-12-6-24-8-13(22)9-25-7-12/h10-13H,1-9H2. The summed E-state index contributed by atoms with van der Waals surface area (Å²) >= 11 is 6.29. The summed E-state index contributed by atoms with van der Waals surface area (Å²) in [7, 11) is 0. The zero-order chi connectivity index (χ0) is 16.8. The first-order valence-corrected chi connectivity index (χ1v) is 9.39. The highest BCUT2D eigenvalue weighted by Gasteiger charge is 2.40. The highest BCUT2D eigenvalue weighted by Crippen LogP contribution is 2.33. The lowest BCUT2D eigenvalue weighted by molar-refractivity contribution is -0.0355. The monoisotopic (exact) mass is 367 g/mol. The molecule has 4 aliphatic rings. The molecule has 4 fully saturated rings. The topological polar surface area (TPSA) is 72.8 Å². The summed E-state index contributed by atoms with van der Waals surface area (Å²) in [6, 6.07) is 0.906. The Hall–Kier alpha value is -1.22. The van der Waals surface area contributed by atoms with Crippen molar-refractivity contribution < 1.29 is 14.2 Å². The van der Waals surface area contributed by atoms with Gasteiger partial charge in [-0.2, -0.15) is 15.0 Å². The van der Waals surface area contributed by atoms with Crippen LogP contribution in [0.15, 0.2) is 0 Å². The van der Waals surface area contributed by atoms with E-state index in [2.05, 4.69) is 19.8 Å². The number of rotatable bonds is 2. The first kappa shape index (κ1) is 16.0. The maximum Gasteiger partial charge on any atom is 0.232 e. The van der Waals surface area contributed by atoms with Gasteiger partial charge in [0.1, 0.15) is 0 Å². The number of halogens is 1. The number of hydrogen-bond acceptors (Lipinski definition) is 8. The van der Waals surface area contributed by atoms with Crippen LogP contribution in [0.2, 0.25) is 5.28 Å². The molecule has 0 aromatic carbocycles. The number of aromatic nitrogens is 3. The fourth-order valence-corrected chi connectivity index (χ4v) is 4.59. The summed E-state index contributed by atoms with van der Waals surface area (Å²) in [5.41, 5.74) is 0. The van der Waals surface area contributed by atoms with Gasteiger partial charge in [0.25, 0.3) is 0 Å². The number of fused-ring (bicyclic) bond motifs is 4. The molecule has 4 aliphatic heterocycles. The van der Waals surface area contributed by atoms with Gasteiger partial charge < -0.3 is 24.0 Å². The van der Waals surface area contributed by atoms with E-state index in [1.807, 2.05) is 0 Å². The minimum Gasteiger partial charge on any atom is -0.377 e. The third kappa shape index (κ3) is 2.85. The molecule has 1 aromatic heterocycles. The molecule has 0 radical (unpaired) electrons. The lowest BCUT2D eigenvalue weighted by Crippen LogP contribution is -2.60. The van der Waals surface area contributed by atoms with E-state index in [-0.39, 0.29) is 17.4 Å².